The Hall–Kier alpha value is -1.04. The zero-order valence-electron chi connectivity index (χ0n) is 9.84. The number of aromatic nitrogens is 2. The first-order valence-corrected chi connectivity index (χ1v) is 6.61. The van der Waals surface area contributed by atoms with Gasteiger partial charge in [0, 0.05) is 12.0 Å². The van der Waals surface area contributed by atoms with Gasteiger partial charge in [0.1, 0.15) is 11.4 Å². The summed E-state index contributed by atoms with van der Waals surface area (Å²) in [5, 5.41) is 7.83. The predicted octanol–water partition coefficient (Wildman–Crippen LogP) is 3.00. The van der Waals surface area contributed by atoms with Crippen molar-refractivity contribution in [3.63, 3.8) is 0 Å². The molecule has 2 aromatic rings. The minimum atomic E-state index is 0.566. The van der Waals surface area contributed by atoms with E-state index in [0.717, 1.165) is 33.6 Å². The molecule has 4 nitrogen and oxygen atoms in total. The number of benzene rings is 1. The molecular formula is C12H13BrClN3O. The van der Waals surface area contributed by atoms with E-state index in [9.17, 15) is 0 Å². The van der Waals surface area contributed by atoms with Gasteiger partial charge in [-0.25, -0.2) is 0 Å². The lowest BCUT2D eigenvalue weighted by atomic mass is 10.1. The van der Waals surface area contributed by atoms with Gasteiger partial charge in [0.2, 0.25) is 0 Å². The molecule has 6 heteroatoms. The van der Waals surface area contributed by atoms with Gasteiger partial charge >= 0.3 is 0 Å². The minimum absolute atomic E-state index is 0.566. The normalized spacial score (nSPS) is 10.7. The lowest BCUT2D eigenvalue weighted by Crippen LogP contribution is -2.03. The predicted molar refractivity (Wildman–Crippen MR) is 76.0 cm³/mol. The summed E-state index contributed by atoms with van der Waals surface area (Å²) < 4.78 is 6.02. The van der Waals surface area contributed by atoms with Crippen LogP contribution in [0.5, 0.6) is 5.75 Å². The molecule has 0 radical (unpaired) electrons. The molecule has 3 N–H and O–H groups in total. The van der Waals surface area contributed by atoms with E-state index >= 15 is 0 Å². The van der Waals surface area contributed by atoms with Gasteiger partial charge in [-0.05, 0) is 40.7 Å². The van der Waals surface area contributed by atoms with E-state index in [0.29, 0.717) is 11.6 Å². The Bertz CT molecular complexity index is 556. The highest BCUT2D eigenvalue weighted by molar-refractivity contribution is 9.10. The Morgan fingerprint density at radius 3 is 2.89 bits per heavy atom. The summed E-state index contributed by atoms with van der Waals surface area (Å²) in [5.41, 5.74) is 8.14. The number of halogens is 2. The third-order valence-corrected chi connectivity index (χ3v) is 3.77. The fourth-order valence-corrected chi connectivity index (χ4v) is 2.52. The van der Waals surface area contributed by atoms with Crippen molar-refractivity contribution in [2.45, 2.75) is 6.42 Å². The van der Waals surface area contributed by atoms with Gasteiger partial charge in [-0.15, -0.1) is 0 Å². The molecule has 96 valence electrons. The van der Waals surface area contributed by atoms with Crippen molar-refractivity contribution < 1.29 is 4.74 Å². The highest BCUT2D eigenvalue weighted by Gasteiger charge is 2.14. The molecule has 0 spiro atoms. The largest absolute Gasteiger partial charge is 0.497 e. The molecule has 0 saturated carbocycles. The molecule has 0 bridgehead atoms. The first-order chi connectivity index (χ1) is 8.67. The summed E-state index contributed by atoms with van der Waals surface area (Å²) >= 11 is 9.74. The SMILES string of the molecule is COc1ccc(-c2n[nH]c(CCN)c2Br)c(Cl)c1. The van der Waals surface area contributed by atoms with E-state index in [-0.39, 0.29) is 0 Å². The van der Waals surface area contributed by atoms with Crippen molar-refractivity contribution in [1.29, 1.82) is 0 Å². The maximum absolute atomic E-state index is 6.22. The molecular weight excluding hydrogens is 318 g/mol. The van der Waals surface area contributed by atoms with Gasteiger partial charge in [0.05, 0.1) is 22.3 Å². The number of ether oxygens (including phenoxy) is 1. The van der Waals surface area contributed by atoms with E-state index in [1.165, 1.54) is 0 Å². The van der Waals surface area contributed by atoms with Gasteiger partial charge in [-0.1, -0.05) is 11.6 Å². The summed E-state index contributed by atoms with van der Waals surface area (Å²) in [4.78, 5) is 0. The summed E-state index contributed by atoms with van der Waals surface area (Å²) in [5.74, 6) is 0.720. The second-order valence-electron chi connectivity index (χ2n) is 3.75. The smallest absolute Gasteiger partial charge is 0.120 e. The number of hydrogen-bond donors (Lipinski definition) is 2. The van der Waals surface area contributed by atoms with E-state index < -0.39 is 0 Å². The summed E-state index contributed by atoms with van der Waals surface area (Å²) in [7, 11) is 1.61. The van der Waals surface area contributed by atoms with Gasteiger partial charge < -0.3 is 10.5 Å². The van der Waals surface area contributed by atoms with Crippen molar-refractivity contribution in [1.82, 2.24) is 10.2 Å². The molecule has 2 rings (SSSR count). The van der Waals surface area contributed by atoms with Crippen LogP contribution in [0, 0.1) is 0 Å². The Kier molecular flexibility index (Phi) is 4.27. The van der Waals surface area contributed by atoms with Crippen LogP contribution in [-0.2, 0) is 6.42 Å². The number of nitrogens with two attached hydrogens (primary N) is 1. The van der Waals surface area contributed by atoms with Gasteiger partial charge in [0.15, 0.2) is 0 Å². The van der Waals surface area contributed by atoms with Gasteiger partial charge in [-0.3, -0.25) is 5.10 Å². The van der Waals surface area contributed by atoms with Crippen LogP contribution in [0.15, 0.2) is 22.7 Å². The van der Waals surface area contributed by atoms with Crippen molar-refractivity contribution in [3.8, 4) is 17.0 Å². The molecule has 0 saturated heterocycles. The molecule has 1 aromatic heterocycles. The third kappa shape index (κ3) is 2.53. The van der Waals surface area contributed by atoms with Crippen molar-refractivity contribution >= 4 is 27.5 Å². The molecule has 1 aromatic carbocycles. The number of aromatic amines is 1. The molecule has 18 heavy (non-hydrogen) atoms. The number of methoxy groups -OCH3 is 1. The zero-order valence-corrected chi connectivity index (χ0v) is 12.2. The van der Waals surface area contributed by atoms with E-state index in [4.69, 9.17) is 22.1 Å². The van der Waals surface area contributed by atoms with Crippen molar-refractivity contribution in [3.05, 3.63) is 33.4 Å². The third-order valence-electron chi connectivity index (χ3n) is 2.60. The van der Waals surface area contributed by atoms with Gasteiger partial charge in [0.25, 0.3) is 0 Å². The first kappa shape index (κ1) is 13.4. The number of hydrogen-bond acceptors (Lipinski definition) is 3. The van der Waals surface area contributed by atoms with E-state index in [2.05, 4.69) is 26.1 Å². The van der Waals surface area contributed by atoms with Crippen LogP contribution in [0.2, 0.25) is 5.02 Å². The average molecular weight is 331 g/mol. The second-order valence-corrected chi connectivity index (χ2v) is 4.95. The van der Waals surface area contributed by atoms with Crippen LogP contribution in [0.3, 0.4) is 0 Å². The quantitative estimate of drug-likeness (QED) is 0.906. The topological polar surface area (TPSA) is 63.9 Å². The lowest BCUT2D eigenvalue weighted by Gasteiger charge is -2.05. The Labute approximate surface area is 119 Å². The molecule has 0 aliphatic rings. The van der Waals surface area contributed by atoms with Crippen LogP contribution in [-0.4, -0.2) is 23.9 Å². The summed E-state index contributed by atoms with van der Waals surface area (Å²) in [6.45, 7) is 0.566. The summed E-state index contributed by atoms with van der Waals surface area (Å²) in [6.07, 6.45) is 0.737. The molecule has 0 aliphatic carbocycles. The van der Waals surface area contributed by atoms with Crippen LogP contribution in [0.25, 0.3) is 11.3 Å². The van der Waals surface area contributed by atoms with Gasteiger partial charge in [-0.2, -0.15) is 5.10 Å². The molecule has 1 heterocycles. The van der Waals surface area contributed by atoms with Crippen molar-refractivity contribution in [2.24, 2.45) is 5.73 Å². The minimum Gasteiger partial charge on any atom is -0.497 e. The molecule has 0 amide bonds. The monoisotopic (exact) mass is 329 g/mol. The lowest BCUT2D eigenvalue weighted by molar-refractivity contribution is 0.415. The number of nitrogens with zero attached hydrogens (tertiary/aromatic N) is 1. The number of nitrogens with one attached hydrogen (secondary N) is 1. The number of rotatable bonds is 4. The molecule has 0 fully saturated rings. The Morgan fingerprint density at radius 2 is 2.28 bits per heavy atom. The highest BCUT2D eigenvalue weighted by Crippen LogP contribution is 2.35. The highest BCUT2D eigenvalue weighted by atomic mass is 79.9. The van der Waals surface area contributed by atoms with Crippen LogP contribution in [0.1, 0.15) is 5.69 Å². The average Bonchev–Trinajstić information content (AvgIpc) is 2.72. The molecule has 0 unspecified atom stereocenters. The Balaban J connectivity index is 2.42. The van der Waals surface area contributed by atoms with Crippen LogP contribution in [0.4, 0.5) is 0 Å². The van der Waals surface area contributed by atoms with Crippen LogP contribution >= 0.6 is 27.5 Å². The number of H-pyrrole nitrogens is 1. The van der Waals surface area contributed by atoms with E-state index in [1.54, 1.807) is 13.2 Å². The molecule has 0 atom stereocenters. The Morgan fingerprint density at radius 1 is 1.50 bits per heavy atom. The maximum atomic E-state index is 6.22. The maximum Gasteiger partial charge on any atom is 0.120 e. The fourth-order valence-electron chi connectivity index (χ4n) is 1.67. The first-order valence-electron chi connectivity index (χ1n) is 5.44. The summed E-state index contributed by atoms with van der Waals surface area (Å²) in [6, 6.07) is 5.50. The molecule has 0 aliphatic heterocycles. The van der Waals surface area contributed by atoms with Crippen LogP contribution < -0.4 is 10.5 Å². The van der Waals surface area contributed by atoms with E-state index in [1.807, 2.05) is 12.1 Å². The standard InChI is InChI=1S/C12H13BrClN3O/c1-18-7-2-3-8(9(14)6-7)12-11(13)10(4-5-15)16-17-12/h2-3,6H,4-5,15H2,1H3,(H,16,17). The second kappa shape index (κ2) is 5.73. The van der Waals surface area contributed by atoms with Crippen molar-refractivity contribution in [2.75, 3.05) is 13.7 Å². The fraction of sp³-hybridized carbons (Fsp3) is 0.250. The zero-order chi connectivity index (χ0) is 13.1.